The summed E-state index contributed by atoms with van der Waals surface area (Å²) in [6.45, 7) is 11.0. The first-order chi connectivity index (χ1) is 17.6. The second kappa shape index (κ2) is 27.3. The van der Waals surface area contributed by atoms with Crippen molar-refractivity contribution in [2.75, 3.05) is 26.2 Å². The molecule has 0 aromatic carbocycles. The van der Waals surface area contributed by atoms with Gasteiger partial charge in [0.2, 0.25) is 0 Å². The highest BCUT2D eigenvalue weighted by molar-refractivity contribution is 5.74. The summed E-state index contributed by atoms with van der Waals surface area (Å²) < 4.78 is 0. The highest BCUT2D eigenvalue weighted by Crippen LogP contribution is 2.13. The largest absolute Gasteiger partial charge is 0.338 e. The SMILES string of the molecule is C=CC(CC=CCNC(=O)NCCCCCCCC)CCC=CCNC(=O)NCCCCCCCC. The molecule has 6 nitrogen and oxygen atoms in total. The highest BCUT2D eigenvalue weighted by atomic mass is 16.2. The van der Waals surface area contributed by atoms with Gasteiger partial charge < -0.3 is 21.3 Å². The fourth-order valence-corrected chi connectivity index (χ4v) is 3.84. The molecule has 4 amide bonds. The quantitative estimate of drug-likeness (QED) is 0.0816. The summed E-state index contributed by atoms with van der Waals surface area (Å²) in [6.07, 6.45) is 27.8. The van der Waals surface area contributed by atoms with Crippen LogP contribution in [0, 0.1) is 5.92 Å². The molecule has 0 aliphatic rings. The van der Waals surface area contributed by atoms with Gasteiger partial charge in [-0.25, -0.2) is 9.59 Å². The third-order valence-electron chi connectivity index (χ3n) is 6.20. The molecule has 0 aromatic heterocycles. The fourth-order valence-electron chi connectivity index (χ4n) is 3.84. The first-order valence-electron chi connectivity index (χ1n) is 14.6. The number of hydrogen-bond donors (Lipinski definition) is 4. The topological polar surface area (TPSA) is 82.3 Å². The number of allylic oxidation sites excluding steroid dienone is 3. The first kappa shape index (κ1) is 33.8. The summed E-state index contributed by atoms with van der Waals surface area (Å²) in [6, 6.07) is -0.185. The van der Waals surface area contributed by atoms with Gasteiger partial charge in [0.15, 0.2) is 0 Å². The zero-order valence-corrected chi connectivity index (χ0v) is 23.4. The molecular formula is C30H56N4O2. The number of nitrogens with one attached hydrogen (secondary N) is 4. The van der Waals surface area contributed by atoms with Crippen molar-refractivity contribution in [3.8, 4) is 0 Å². The molecule has 0 aliphatic heterocycles. The normalized spacial score (nSPS) is 12.1. The lowest BCUT2D eigenvalue weighted by Crippen LogP contribution is -2.36. The minimum absolute atomic E-state index is 0.0907. The van der Waals surface area contributed by atoms with Crippen molar-refractivity contribution in [1.29, 1.82) is 0 Å². The molecule has 1 atom stereocenters. The van der Waals surface area contributed by atoms with E-state index in [2.05, 4.69) is 53.8 Å². The summed E-state index contributed by atoms with van der Waals surface area (Å²) in [5.41, 5.74) is 0. The van der Waals surface area contributed by atoms with Crippen molar-refractivity contribution in [3.05, 3.63) is 37.0 Å². The Bertz CT molecular complexity index is 589. The van der Waals surface area contributed by atoms with Gasteiger partial charge in [0.05, 0.1) is 0 Å². The molecule has 0 saturated heterocycles. The zero-order chi connectivity index (χ0) is 26.5. The molecule has 208 valence electrons. The van der Waals surface area contributed by atoms with Crippen LogP contribution < -0.4 is 21.3 Å². The van der Waals surface area contributed by atoms with E-state index in [1.54, 1.807) is 0 Å². The molecule has 0 aliphatic carbocycles. The molecule has 0 aromatic rings. The van der Waals surface area contributed by atoms with Crippen molar-refractivity contribution in [2.24, 2.45) is 5.92 Å². The molecule has 0 bridgehead atoms. The number of hydrogen-bond acceptors (Lipinski definition) is 2. The lowest BCUT2D eigenvalue weighted by atomic mass is 9.99. The van der Waals surface area contributed by atoms with Gasteiger partial charge in [0.25, 0.3) is 0 Å². The van der Waals surface area contributed by atoms with E-state index in [-0.39, 0.29) is 12.1 Å². The van der Waals surface area contributed by atoms with E-state index in [4.69, 9.17) is 0 Å². The Morgan fingerprint density at radius 2 is 1.11 bits per heavy atom. The molecule has 0 heterocycles. The van der Waals surface area contributed by atoms with Gasteiger partial charge in [-0.1, -0.05) is 108 Å². The van der Waals surface area contributed by atoms with Crippen molar-refractivity contribution in [1.82, 2.24) is 21.3 Å². The second-order valence-electron chi connectivity index (χ2n) is 9.56. The average molecular weight is 505 g/mol. The van der Waals surface area contributed by atoms with Gasteiger partial charge >= 0.3 is 12.1 Å². The van der Waals surface area contributed by atoms with E-state index in [1.165, 1.54) is 64.2 Å². The Morgan fingerprint density at radius 1 is 0.639 bits per heavy atom. The lowest BCUT2D eigenvalue weighted by Gasteiger charge is -2.08. The Hall–Kier alpha value is -2.24. The molecule has 0 rings (SSSR count). The standard InChI is InChI=1S/C30H56N4O2/c1-4-7-9-11-13-18-24-31-29(35)33-26-20-15-16-22-28(6-3)23-17-21-27-34-30(36)32-25-19-14-12-10-8-5-2/h6,15,17,20-21,28H,3-5,7-14,16,18-19,22-27H2,1-2H3,(H2,31,33,35)(H2,32,34,36). The van der Waals surface area contributed by atoms with E-state index < -0.39 is 0 Å². The minimum atomic E-state index is -0.0942. The highest BCUT2D eigenvalue weighted by Gasteiger charge is 2.01. The molecule has 6 heteroatoms. The van der Waals surface area contributed by atoms with Crippen molar-refractivity contribution in [2.45, 2.75) is 110 Å². The van der Waals surface area contributed by atoms with Crippen molar-refractivity contribution >= 4 is 12.1 Å². The van der Waals surface area contributed by atoms with E-state index in [0.717, 1.165) is 45.2 Å². The van der Waals surface area contributed by atoms with E-state index >= 15 is 0 Å². The molecule has 0 spiro atoms. The summed E-state index contributed by atoms with van der Waals surface area (Å²) in [5.74, 6) is 0.404. The molecule has 0 fully saturated rings. The number of carbonyl (C=O) groups excluding carboxylic acids is 2. The maximum Gasteiger partial charge on any atom is 0.315 e. The predicted molar refractivity (Wildman–Crippen MR) is 155 cm³/mol. The van der Waals surface area contributed by atoms with Crippen LogP contribution in [-0.4, -0.2) is 38.2 Å². The van der Waals surface area contributed by atoms with E-state index in [1.807, 2.05) is 18.2 Å². The summed E-state index contributed by atoms with van der Waals surface area (Å²) in [7, 11) is 0. The molecule has 0 radical (unpaired) electrons. The smallest absolute Gasteiger partial charge is 0.315 e. The van der Waals surface area contributed by atoms with Crippen LogP contribution in [0.1, 0.15) is 110 Å². The summed E-state index contributed by atoms with van der Waals surface area (Å²) >= 11 is 0. The van der Waals surface area contributed by atoms with Gasteiger partial charge in [-0.2, -0.15) is 0 Å². The van der Waals surface area contributed by atoms with Crippen LogP contribution in [0.2, 0.25) is 0 Å². The Labute approximate surface area is 222 Å². The number of urea groups is 2. The Balaban J connectivity index is 3.68. The monoisotopic (exact) mass is 504 g/mol. The van der Waals surface area contributed by atoms with Gasteiger partial charge in [-0.3, -0.25) is 0 Å². The number of unbranched alkanes of at least 4 members (excludes halogenated alkanes) is 10. The number of rotatable bonds is 24. The summed E-state index contributed by atoms with van der Waals surface area (Å²) in [4.78, 5) is 23.6. The molecular weight excluding hydrogens is 448 g/mol. The average Bonchev–Trinajstić information content (AvgIpc) is 2.88. The second-order valence-corrected chi connectivity index (χ2v) is 9.56. The Morgan fingerprint density at radius 3 is 1.61 bits per heavy atom. The van der Waals surface area contributed by atoms with Crippen LogP contribution >= 0.6 is 0 Å². The van der Waals surface area contributed by atoms with Crippen LogP contribution in [0.3, 0.4) is 0 Å². The van der Waals surface area contributed by atoms with Gasteiger partial charge in [0, 0.05) is 26.2 Å². The predicted octanol–water partition coefficient (Wildman–Crippen LogP) is 7.39. The maximum atomic E-state index is 11.8. The van der Waals surface area contributed by atoms with E-state index in [0.29, 0.717) is 19.0 Å². The fraction of sp³-hybridized carbons (Fsp3) is 0.733. The number of carbonyl (C=O) groups is 2. The zero-order valence-electron chi connectivity index (χ0n) is 23.4. The molecule has 4 N–H and O–H groups in total. The minimum Gasteiger partial charge on any atom is -0.338 e. The molecule has 36 heavy (non-hydrogen) atoms. The van der Waals surface area contributed by atoms with Crippen LogP contribution in [0.15, 0.2) is 37.0 Å². The summed E-state index contributed by atoms with van der Waals surface area (Å²) in [5, 5.41) is 11.6. The third kappa shape index (κ3) is 24.9. The van der Waals surface area contributed by atoms with Crippen molar-refractivity contribution < 1.29 is 9.59 Å². The van der Waals surface area contributed by atoms with E-state index in [9.17, 15) is 9.59 Å². The molecule has 0 saturated carbocycles. The number of amides is 4. The van der Waals surface area contributed by atoms with Gasteiger partial charge in [-0.15, -0.1) is 6.58 Å². The lowest BCUT2D eigenvalue weighted by molar-refractivity contribution is 0.241. The van der Waals surface area contributed by atoms with Crippen LogP contribution in [0.4, 0.5) is 9.59 Å². The van der Waals surface area contributed by atoms with Crippen LogP contribution in [0.5, 0.6) is 0 Å². The van der Waals surface area contributed by atoms with Crippen LogP contribution in [0.25, 0.3) is 0 Å². The maximum absolute atomic E-state index is 11.8. The van der Waals surface area contributed by atoms with Gasteiger partial charge in [-0.05, 0) is 38.0 Å². The molecule has 1 unspecified atom stereocenters. The van der Waals surface area contributed by atoms with Gasteiger partial charge in [0.1, 0.15) is 0 Å². The third-order valence-corrected chi connectivity index (χ3v) is 6.20. The Kier molecular flexibility index (Phi) is 25.6. The first-order valence-corrected chi connectivity index (χ1v) is 14.6. The van der Waals surface area contributed by atoms with Crippen LogP contribution in [-0.2, 0) is 0 Å². The van der Waals surface area contributed by atoms with Crippen molar-refractivity contribution in [3.63, 3.8) is 0 Å².